The summed E-state index contributed by atoms with van der Waals surface area (Å²) in [6, 6.07) is 6.10. The van der Waals surface area contributed by atoms with Crippen molar-refractivity contribution in [2.24, 2.45) is 105 Å². The molecule has 0 amide bonds. The second-order valence-corrected chi connectivity index (χ2v) is 38.8. The van der Waals surface area contributed by atoms with Crippen molar-refractivity contribution in [1.82, 2.24) is 10.9 Å². The van der Waals surface area contributed by atoms with Crippen molar-refractivity contribution in [3.8, 4) is 0 Å². The number of nitrogens with zero attached hydrogens (tertiary/aromatic N) is 2. The van der Waals surface area contributed by atoms with Gasteiger partial charge >= 0.3 is 23.9 Å². The number of unbranched alkanes of at least 4 members (excludes halogenated alkanes) is 12. The van der Waals surface area contributed by atoms with Gasteiger partial charge in [-0.05, 0) is 232 Å². The number of hydrazone groups is 2. The van der Waals surface area contributed by atoms with Gasteiger partial charge in [0.1, 0.15) is 11.6 Å². The van der Waals surface area contributed by atoms with Crippen LogP contribution in [0.1, 0.15) is 356 Å². The summed E-state index contributed by atoms with van der Waals surface area (Å²) in [5.41, 5.74) is 12.2. The van der Waals surface area contributed by atoms with Crippen LogP contribution < -0.4 is 10.9 Å². The molecule has 19 unspecified atom stereocenters. The van der Waals surface area contributed by atoms with E-state index < -0.39 is 28.4 Å². The number of carbonyl (C=O) groups is 6. The Morgan fingerprint density at radius 1 is 0.410 bits per heavy atom. The van der Waals surface area contributed by atoms with Crippen molar-refractivity contribution in [1.29, 1.82) is 0 Å². The summed E-state index contributed by atoms with van der Waals surface area (Å²) in [5, 5.41) is 9.83. The van der Waals surface area contributed by atoms with Gasteiger partial charge < -0.3 is 29.8 Å². The topological polar surface area (TPSA) is 222 Å². The summed E-state index contributed by atoms with van der Waals surface area (Å²) in [4.78, 5) is 83.8. The predicted molar refractivity (Wildman–Crippen MR) is 408 cm³/mol. The highest BCUT2D eigenvalue weighted by atomic mass is 32.2. The van der Waals surface area contributed by atoms with Gasteiger partial charge in [-0.1, -0.05) is 148 Å². The van der Waals surface area contributed by atoms with E-state index in [0.29, 0.717) is 110 Å². The Morgan fingerprint density at radius 3 is 1.29 bits per heavy atom. The molecule has 1 aromatic rings. The van der Waals surface area contributed by atoms with Gasteiger partial charge in [0.15, 0.2) is 9.84 Å². The SMILES string of the molecule is CCCCCCCCCC(OC(=O)c1ccc2c(c1)C1CCCCC1/C2=N\NC1CCC(S(=O)(=O)C2CCC(N/N=C3\C4CCCCC4C4CC(C(=O)OC(CCCCCCCCC)OC(=O)C5CCC6C(=O)C7CCCCC7C6C5)CCC34)CC2)CC1)OC(=O)C1CCC2C(=O)C3CCCCC3C2C1. The van der Waals surface area contributed by atoms with E-state index in [1.807, 2.05) is 18.2 Å². The van der Waals surface area contributed by atoms with Crippen LogP contribution >= 0.6 is 0 Å². The first-order valence-electron chi connectivity index (χ1n) is 44.2. The summed E-state index contributed by atoms with van der Waals surface area (Å²) in [7, 11) is -3.35. The van der Waals surface area contributed by atoms with Crippen molar-refractivity contribution >= 4 is 56.7 Å². The highest BCUT2D eigenvalue weighted by Gasteiger charge is 2.56. The van der Waals surface area contributed by atoms with Gasteiger partial charge in [0.2, 0.25) is 12.6 Å². The van der Waals surface area contributed by atoms with Gasteiger partial charge in [0.05, 0.1) is 39.5 Å². The summed E-state index contributed by atoms with van der Waals surface area (Å²) < 4.78 is 54.2. The first-order chi connectivity index (χ1) is 51.2. The lowest BCUT2D eigenvalue weighted by atomic mass is 9.70. The first kappa shape index (κ1) is 77.1. The van der Waals surface area contributed by atoms with Gasteiger partial charge in [-0.15, -0.1) is 0 Å². The van der Waals surface area contributed by atoms with E-state index >= 15 is 0 Å². The van der Waals surface area contributed by atoms with Crippen LogP contribution in [0.2, 0.25) is 0 Å². The molecule has 0 bridgehead atoms. The number of fused-ring (bicyclic) bond motifs is 12. The van der Waals surface area contributed by atoms with Crippen LogP contribution in [-0.4, -0.2) is 90.4 Å². The third-order valence-corrected chi connectivity index (χ3v) is 33.0. The number of ketones is 2. The molecule has 582 valence electrons. The molecule has 14 rings (SSSR count). The van der Waals surface area contributed by atoms with Crippen LogP contribution in [0, 0.1) is 94.7 Å². The Balaban J connectivity index is 0.547. The number of benzene rings is 1. The maximum Gasteiger partial charge on any atom is 0.341 e. The van der Waals surface area contributed by atoms with E-state index in [1.165, 1.54) is 76.3 Å². The first-order valence-corrected chi connectivity index (χ1v) is 45.8. The summed E-state index contributed by atoms with van der Waals surface area (Å²) in [6.07, 6.45) is 44.5. The van der Waals surface area contributed by atoms with Gasteiger partial charge in [-0.3, -0.25) is 24.0 Å². The zero-order valence-electron chi connectivity index (χ0n) is 64.4. The molecular weight excluding hydrogens is 1340 g/mol. The molecule has 12 fully saturated rings. The number of sulfone groups is 1. The second-order valence-electron chi connectivity index (χ2n) is 36.3. The molecule has 13 aliphatic carbocycles. The Labute approximate surface area is 629 Å². The van der Waals surface area contributed by atoms with Crippen molar-refractivity contribution in [3.63, 3.8) is 0 Å². The lowest BCUT2D eigenvalue weighted by Gasteiger charge is -2.36. The van der Waals surface area contributed by atoms with E-state index in [2.05, 4.69) is 24.7 Å². The van der Waals surface area contributed by atoms with E-state index in [4.69, 9.17) is 29.2 Å². The zero-order chi connectivity index (χ0) is 72.6. The molecule has 0 aromatic heterocycles. The van der Waals surface area contributed by atoms with E-state index in [1.54, 1.807) is 0 Å². The number of nitrogens with one attached hydrogen (secondary N) is 2. The lowest BCUT2D eigenvalue weighted by Crippen LogP contribution is -2.42. The predicted octanol–water partition coefficient (Wildman–Crippen LogP) is 18.7. The monoisotopic (exact) mass is 1470 g/mol. The number of rotatable bonds is 30. The average molecular weight is 1470 g/mol. The van der Waals surface area contributed by atoms with Gasteiger partial charge in [0, 0.05) is 77.6 Å². The molecule has 19 atom stereocenters. The number of ether oxygens (including phenoxy) is 4. The Morgan fingerprint density at radius 2 is 0.790 bits per heavy atom. The highest BCUT2D eigenvalue weighted by molar-refractivity contribution is 7.92. The molecule has 105 heavy (non-hydrogen) atoms. The fourth-order valence-electron chi connectivity index (χ4n) is 24.6. The van der Waals surface area contributed by atoms with Gasteiger partial charge in [0.25, 0.3) is 0 Å². The molecule has 0 aliphatic heterocycles. The van der Waals surface area contributed by atoms with E-state index in [0.717, 1.165) is 203 Å². The zero-order valence-corrected chi connectivity index (χ0v) is 65.2. The molecule has 16 nitrogen and oxygen atoms in total. The average Bonchev–Trinajstić information content (AvgIpc) is 1.58. The van der Waals surface area contributed by atoms with Crippen LogP contribution in [0.15, 0.2) is 28.4 Å². The number of hydrogen-bond donors (Lipinski definition) is 2. The highest BCUT2D eigenvalue weighted by Crippen LogP contribution is 2.57. The largest absolute Gasteiger partial charge is 0.425 e. The van der Waals surface area contributed by atoms with Crippen molar-refractivity contribution in [3.05, 3.63) is 34.9 Å². The minimum absolute atomic E-state index is 0.0711. The number of esters is 4. The fraction of sp³-hybridized carbons (Fsp3) is 0.841. The van der Waals surface area contributed by atoms with Crippen molar-refractivity contribution in [2.75, 3.05) is 0 Å². The van der Waals surface area contributed by atoms with Gasteiger partial charge in [-0.25, -0.2) is 13.2 Å². The molecule has 17 heteroatoms. The Kier molecular flexibility index (Phi) is 26.4. The lowest BCUT2D eigenvalue weighted by molar-refractivity contribution is -0.197. The van der Waals surface area contributed by atoms with Crippen LogP contribution in [0.3, 0.4) is 0 Å². The molecule has 0 heterocycles. The van der Waals surface area contributed by atoms with Crippen LogP contribution in [0.25, 0.3) is 0 Å². The Hall–Kier alpha value is -4.67. The molecule has 0 radical (unpaired) electrons. The van der Waals surface area contributed by atoms with Crippen molar-refractivity contribution < 1.29 is 56.1 Å². The summed E-state index contributed by atoms with van der Waals surface area (Å²) in [5.74, 6) is 2.76. The molecular formula is C88H132N4O12S. The molecule has 1 aromatic carbocycles. The number of carbonyl (C=O) groups excluding carboxylic acids is 6. The summed E-state index contributed by atoms with van der Waals surface area (Å²) in [6.45, 7) is 4.45. The molecule has 0 saturated heterocycles. The van der Waals surface area contributed by atoms with E-state index in [9.17, 15) is 37.2 Å². The maximum atomic E-state index is 14.5. The van der Waals surface area contributed by atoms with Crippen molar-refractivity contribution in [2.45, 2.75) is 370 Å². The second kappa shape index (κ2) is 36.0. The maximum absolute atomic E-state index is 14.5. The van der Waals surface area contributed by atoms with Crippen LogP contribution in [0.5, 0.6) is 0 Å². The third kappa shape index (κ3) is 17.6. The van der Waals surface area contributed by atoms with Gasteiger partial charge in [-0.2, -0.15) is 10.2 Å². The third-order valence-electron chi connectivity index (χ3n) is 30.2. The van der Waals surface area contributed by atoms with E-state index in [-0.39, 0.29) is 106 Å². The minimum atomic E-state index is -3.35. The standard InChI is InChI=1S/C88H132N4O12S/c1-3-5-7-9-11-13-15-33-79(103-87(97)57-37-49-73-77(53-57)65-27-19-23-31-71(65)83(73)93)101-85(95)55-35-47-69-75(51-55)63-25-17-21-29-67(63)81(69)91-89-59-39-43-61(44-40-59)105(99,100)62-45-41-60(42-46-62)90-92-82-68-30-22-18-26-64(68)76-52-56(36-48-70(76)82)86(96)102-80(34-16-14-12-10-8-6-4-2)104-88(98)58-38-50-74-78(54-58)66-28-20-24-32-72(66)84(74)94/h35,47,51,56-68,70-74,76-80,89-90H,3-34,36-46,48-50,52-54H2,1-2H3/b91-81+,92-82+. The number of hydrogen-bond acceptors (Lipinski definition) is 16. The smallest absolute Gasteiger partial charge is 0.341 e. The van der Waals surface area contributed by atoms with Crippen LogP contribution in [-0.2, 0) is 52.8 Å². The minimum Gasteiger partial charge on any atom is -0.425 e. The normalized spacial score (nSPS) is 36.9. The molecule has 12 saturated carbocycles. The quantitative estimate of drug-likeness (QED) is 0.0317. The van der Waals surface area contributed by atoms with Crippen LogP contribution in [0.4, 0.5) is 0 Å². The fourth-order valence-corrected chi connectivity index (χ4v) is 27.0. The molecule has 2 N–H and O–H groups in total. The molecule has 13 aliphatic rings. The summed E-state index contributed by atoms with van der Waals surface area (Å²) >= 11 is 0. The Bertz CT molecular complexity index is 3340. The molecule has 0 spiro atoms. The number of Topliss-reactive ketones (excluding diaryl/α,β-unsaturated/α-hetero) is 2.